The van der Waals surface area contributed by atoms with E-state index in [1.807, 2.05) is 38.1 Å². The van der Waals surface area contributed by atoms with Crippen molar-refractivity contribution in [3.8, 4) is 5.75 Å². The van der Waals surface area contributed by atoms with Gasteiger partial charge in [-0.3, -0.25) is 0 Å². The van der Waals surface area contributed by atoms with Crippen molar-refractivity contribution < 1.29 is 13.2 Å². The minimum Gasteiger partial charge on any atom is -0.491 e. The first-order chi connectivity index (χ1) is 12.7. The molecule has 146 valence electrons. The van der Waals surface area contributed by atoms with E-state index in [1.165, 1.54) is 18.4 Å². The molecule has 3 N–H and O–H groups in total. The van der Waals surface area contributed by atoms with Crippen molar-refractivity contribution in [2.75, 3.05) is 19.4 Å². The van der Waals surface area contributed by atoms with Crippen LogP contribution in [0, 0.1) is 0 Å². The van der Waals surface area contributed by atoms with Gasteiger partial charge in [0.15, 0.2) is 5.96 Å². The van der Waals surface area contributed by atoms with Gasteiger partial charge >= 0.3 is 0 Å². The number of hydrogen-bond donors (Lipinski definition) is 2. The van der Waals surface area contributed by atoms with Gasteiger partial charge in [0.2, 0.25) is 10.0 Å². The fourth-order valence-electron chi connectivity index (χ4n) is 2.23. The van der Waals surface area contributed by atoms with Crippen molar-refractivity contribution in [1.29, 1.82) is 0 Å². The molecule has 0 saturated carbocycles. The third-order valence-corrected chi connectivity index (χ3v) is 5.46. The van der Waals surface area contributed by atoms with Gasteiger partial charge in [-0.2, -0.15) is 0 Å². The Balaban J connectivity index is 1.97. The van der Waals surface area contributed by atoms with Gasteiger partial charge in [0.05, 0.1) is 17.5 Å². The second-order valence-electron chi connectivity index (χ2n) is 6.45. The summed E-state index contributed by atoms with van der Waals surface area (Å²) in [4.78, 5) is 4.53. The number of rotatable bonds is 7. The molecule has 0 atom stereocenters. The molecule has 0 aliphatic heterocycles. The van der Waals surface area contributed by atoms with E-state index in [-0.39, 0.29) is 17.0 Å². The van der Waals surface area contributed by atoms with Crippen LogP contribution in [0.3, 0.4) is 0 Å². The average Bonchev–Trinajstić information content (AvgIpc) is 2.61. The zero-order valence-electron chi connectivity index (χ0n) is 16.0. The summed E-state index contributed by atoms with van der Waals surface area (Å²) in [7, 11) is -0.424. The Morgan fingerprint density at radius 1 is 1.11 bits per heavy atom. The number of nitrogens with zero attached hydrogens (tertiary/aromatic N) is 2. The number of sulfonamides is 1. The SMILES string of the molecule is CC(C)Oc1ccc(NC(N)=NCc2ccc(S(=O)(=O)N(C)C)cc2)cc1. The van der Waals surface area contributed by atoms with Crippen LogP contribution in [0.5, 0.6) is 5.75 Å². The van der Waals surface area contributed by atoms with Crippen molar-refractivity contribution in [3.63, 3.8) is 0 Å². The fourth-order valence-corrected chi connectivity index (χ4v) is 3.13. The summed E-state index contributed by atoms with van der Waals surface area (Å²) >= 11 is 0. The summed E-state index contributed by atoms with van der Waals surface area (Å²) in [6.45, 7) is 4.29. The van der Waals surface area contributed by atoms with E-state index in [2.05, 4.69) is 10.3 Å². The van der Waals surface area contributed by atoms with Gasteiger partial charge in [0, 0.05) is 19.8 Å². The molecule has 0 radical (unpaired) electrons. The Bertz CT molecular complexity index is 874. The van der Waals surface area contributed by atoms with Crippen molar-refractivity contribution in [1.82, 2.24) is 4.31 Å². The molecule has 2 rings (SSSR count). The van der Waals surface area contributed by atoms with Crippen molar-refractivity contribution in [2.24, 2.45) is 10.7 Å². The van der Waals surface area contributed by atoms with Gasteiger partial charge in [-0.15, -0.1) is 0 Å². The monoisotopic (exact) mass is 390 g/mol. The molecule has 0 aliphatic carbocycles. The maximum Gasteiger partial charge on any atom is 0.242 e. The molecule has 0 spiro atoms. The van der Waals surface area contributed by atoms with Crippen LogP contribution < -0.4 is 15.8 Å². The summed E-state index contributed by atoms with van der Waals surface area (Å²) in [5.74, 6) is 1.07. The highest BCUT2D eigenvalue weighted by molar-refractivity contribution is 7.89. The molecule has 2 aromatic rings. The summed E-state index contributed by atoms with van der Waals surface area (Å²) < 4.78 is 30.9. The second-order valence-corrected chi connectivity index (χ2v) is 8.60. The molecule has 2 aromatic carbocycles. The van der Waals surface area contributed by atoms with Gasteiger partial charge in [-0.25, -0.2) is 17.7 Å². The second kappa shape index (κ2) is 8.88. The lowest BCUT2D eigenvalue weighted by molar-refractivity contribution is 0.242. The van der Waals surface area contributed by atoms with Crippen LogP contribution in [-0.4, -0.2) is 38.9 Å². The summed E-state index contributed by atoms with van der Waals surface area (Å²) in [5, 5.41) is 3.01. The first-order valence-corrected chi connectivity index (χ1v) is 9.97. The quantitative estimate of drug-likeness (QED) is 0.560. The summed E-state index contributed by atoms with van der Waals surface area (Å²) in [6.07, 6.45) is 0.120. The molecule has 8 heteroatoms. The Morgan fingerprint density at radius 2 is 1.70 bits per heavy atom. The standard InChI is InChI=1S/C19H26N4O3S/c1-14(2)26-17-9-7-16(8-10-17)22-19(20)21-13-15-5-11-18(12-6-15)27(24,25)23(3)4/h5-12,14H,13H2,1-4H3,(H3,20,21,22). The predicted octanol–water partition coefficient (Wildman–Crippen LogP) is 2.65. The average molecular weight is 391 g/mol. The number of nitrogens with two attached hydrogens (primary N) is 1. The Morgan fingerprint density at radius 3 is 2.22 bits per heavy atom. The molecule has 0 aromatic heterocycles. The minimum absolute atomic E-state index is 0.120. The molecular formula is C19H26N4O3S. The number of guanidine groups is 1. The molecule has 0 aliphatic rings. The lowest BCUT2D eigenvalue weighted by Gasteiger charge is -2.11. The van der Waals surface area contributed by atoms with Gasteiger partial charge in [-0.1, -0.05) is 12.1 Å². The third kappa shape index (κ3) is 5.97. The van der Waals surface area contributed by atoms with Crippen LogP contribution in [0.2, 0.25) is 0 Å². The van der Waals surface area contributed by atoms with Crippen LogP contribution in [0.25, 0.3) is 0 Å². The summed E-state index contributed by atoms with van der Waals surface area (Å²) in [5.41, 5.74) is 7.58. The highest BCUT2D eigenvalue weighted by Gasteiger charge is 2.16. The van der Waals surface area contributed by atoms with Crippen molar-refractivity contribution in [2.45, 2.75) is 31.4 Å². The molecule has 0 saturated heterocycles. The van der Waals surface area contributed by atoms with Crippen molar-refractivity contribution in [3.05, 3.63) is 54.1 Å². The van der Waals surface area contributed by atoms with Gasteiger partial charge in [-0.05, 0) is 55.8 Å². The molecule has 0 fully saturated rings. The van der Waals surface area contributed by atoms with Crippen LogP contribution >= 0.6 is 0 Å². The Hall–Kier alpha value is -2.58. The van der Waals surface area contributed by atoms with Gasteiger partial charge in [0.25, 0.3) is 0 Å². The zero-order chi connectivity index (χ0) is 20.0. The van der Waals surface area contributed by atoms with E-state index in [4.69, 9.17) is 10.5 Å². The molecular weight excluding hydrogens is 364 g/mol. The van der Waals surface area contributed by atoms with Gasteiger partial charge in [0.1, 0.15) is 5.75 Å². The number of hydrogen-bond acceptors (Lipinski definition) is 4. The molecule has 0 bridgehead atoms. The van der Waals surface area contributed by atoms with E-state index in [0.717, 1.165) is 17.0 Å². The minimum atomic E-state index is -3.43. The van der Waals surface area contributed by atoms with E-state index in [1.54, 1.807) is 24.3 Å². The zero-order valence-corrected chi connectivity index (χ0v) is 16.8. The molecule has 0 amide bonds. The predicted molar refractivity (Wildman–Crippen MR) is 108 cm³/mol. The first kappa shape index (κ1) is 20.7. The number of ether oxygens (including phenoxy) is 1. The highest BCUT2D eigenvalue weighted by atomic mass is 32.2. The molecule has 7 nitrogen and oxygen atoms in total. The lowest BCUT2D eigenvalue weighted by Crippen LogP contribution is -2.22. The maximum absolute atomic E-state index is 12.1. The van der Waals surface area contributed by atoms with Crippen LogP contribution in [0.4, 0.5) is 5.69 Å². The normalized spacial score (nSPS) is 12.4. The van der Waals surface area contributed by atoms with Crippen LogP contribution in [0.1, 0.15) is 19.4 Å². The number of anilines is 1. The van der Waals surface area contributed by atoms with Gasteiger partial charge < -0.3 is 15.8 Å². The lowest BCUT2D eigenvalue weighted by atomic mass is 10.2. The Labute approximate surface area is 160 Å². The largest absolute Gasteiger partial charge is 0.491 e. The van der Waals surface area contributed by atoms with Crippen LogP contribution in [0.15, 0.2) is 58.4 Å². The van der Waals surface area contributed by atoms with E-state index >= 15 is 0 Å². The van der Waals surface area contributed by atoms with E-state index in [9.17, 15) is 8.42 Å². The fraction of sp³-hybridized carbons (Fsp3) is 0.316. The molecule has 0 unspecified atom stereocenters. The number of aliphatic imine (C=N–C) groups is 1. The topological polar surface area (TPSA) is 97.0 Å². The highest BCUT2D eigenvalue weighted by Crippen LogP contribution is 2.17. The smallest absolute Gasteiger partial charge is 0.242 e. The third-order valence-electron chi connectivity index (χ3n) is 3.63. The summed E-state index contributed by atoms with van der Waals surface area (Å²) in [6, 6.07) is 14.0. The van der Waals surface area contributed by atoms with E-state index < -0.39 is 10.0 Å². The maximum atomic E-state index is 12.1. The van der Waals surface area contributed by atoms with E-state index in [0.29, 0.717) is 6.54 Å². The number of nitrogens with one attached hydrogen (secondary N) is 1. The van der Waals surface area contributed by atoms with Crippen LogP contribution in [-0.2, 0) is 16.6 Å². The van der Waals surface area contributed by atoms with Crippen molar-refractivity contribution >= 4 is 21.7 Å². The Kier molecular flexibility index (Phi) is 6.81. The number of benzene rings is 2. The molecule has 27 heavy (non-hydrogen) atoms. The first-order valence-electron chi connectivity index (χ1n) is 8.53. The molecule has 0 heterocycles.